The van der Waals surface area contributed by atoms with Gasteiger partial charge in [-0.15, -0.1) is 0 Å². The molecule has 0 fully saturated rings. The van der Waals surface area contributed by atoms with Gasteiger partial charge in [-0.25, -0.2) is 13.2 Å². The Bertz CT molecular complexity index is 1550. The van der Waals surface area contributed by atoms with Crippen LogP contribution in [0.5, 0.6) is 5.75 Å². The number of nitro groups is 1. The number of aromatic nitrogens is 2. The van der Waals surface area contributed by atoms with E-state index >= 15 is 0 Å². The van der Waals surface area contributed by atoms with Gasteiger partial charge in [-0.3, -0.25) is 15.2 Å². The van der Waals surface area contributed by atoms with Crippen molar-refractivity contribution in [3.8, 4) is 5.75 Å². The van der Waals surface area contributed by atoms with Gasteiger partial charge in [0.05, 0.1) is 33.7 Å². The number of methoxy groups -OCH3 is 1. The van der Waals surface area contributed by atoms with Crippen molar-refractivity contribution in [3.05, 3.63) is 93.2 Å². The average molecular weight is 497 g/mol. The molecular formula is C23H20N4O7S. The van der Waals surface area contributed by atoms with Gasteiger partial charge in [-0.2, -0.15) is 5.10 Å². The Morgan fingerprint density at radius 1 is 1.14 bits per heavy atom. The van der Waals surface area contributed by atoms with Gasteiger partial charge < -0.3 is 9.57 Å². The van der Waals surface area contributed by atoms with Crippen molar-refractivity contribution in [2.24, 2.45) is 0 Å². The second-order valence-electron chi connectivity index (χ2n) is 7.60. The summed E-state index contributed by atoms with van der Waals surface area (Å²) in [6, 6.07) is 15.2. The Morgan fingerprint density at radius 2 is 1.91 bits per heavy atom. The summed E-state index contributed by atoms with van der Waals surface area (Å²) in [5.41, 5.74) is 2.36. The van der Waals surface area contributed by atoms with Crippen LogP contribution in [-0.2, 0) is 21.3 Å². The quantitative estimate of drug-likeness (QED) is 0.278. The summed E-state index contributed by atoms with van der Waals surface area (Å²) in [7, 11) is -2.65. The van der Waals surface area contributed by atoms with Gasteiger partial charge >= 0.3 is 5.97 Å². The highest BCUT2D eigenvalue weighted by Gasteiger charge is 2.21. The number of non-ortho nitro benzene ring substituents is 1. The zero-order valence-corrected chi connectivity index (χ0v) is 19.5. The van der Waals surface area contributed by atoms with Crippen LogP contribution in [0.2, 0.25) is 0 Å². The van der Waals surface area contributed by atoms with Gasteiger partial charge in [-0.1, -0.05) is 24.3 Å². The number of aromatic amines is 1. The summed E-state index contributed by atoms with van der Waals surface area (Å²) in [5.74, 6) is -0.587. The summed E-state index contributed by atoms with van der Waals surface area (Å²) in [4.78, 5) is 29.8. The molecule has 0 aliphatic heterocycles. The molecule has 0 amide bonds. The molecular weight excluding hydrogens is 476 g/mol. The molecule has 1 aromatic heterocycles. The molecule has 35 heavy (non-hydrogen) atoms. The zero-order valence-electron chi connectivity index (χ0n) is 18.6. The average Bonchev–Trinajstić information content (AvgIpc) is 3.25. The molecule has 4 rings (SSSR count). The van der Waals surface area contributed by atoms with Gasteiger partial charge in [0.15, 0.2) is 0 Å². The minimum Gasteiger partial charge on any atom is -0.496 e. The second kappa shape index (κ2) is 9.52. The van der Waals surface area contributed by atoms with Crippen molar-refractivity contribution in [1.82, 2.24) is 15.1 Å². The van der Waals surface area contributed by atoms with E-state index in [1.54, 1.807) is 37.3 Å². The van der Waals surface area contributed by atoms with Crippen LogP contribution >= 0.6 is 0 Å². The Kier molecular flexibility index (Phi) is 6.49. The Hall–Kier alpha value is -4.29. The van der Waals surface area contributed by atoms with Gasteiger partial charge in [0, 0.05) is 29.5 Å². The molecule has 0 radical (unpaired) electrons. The van der Waals surface area contributed by atoms with E-state index in [4.69, 9.17) is 9.57 Å². The van der Waals surface area contributed by atoms with Gasteiger partial charge in [0.1, 0.15) is 5.75 Å². The molecule has 0 aliphatic rings. The lowest BCUT2D eigenvalue weighted by atomic mass is 10.0. The van der Waals surface area contributed by atoms with E-state index < -0.39 is 20.9 Å². The first-order valence-electron chi connectivity index (χ1n) is 10.3. The molecule has 0 saturated heterocycles. The highest BCUT2D eigenvalue weighted by molar-refractivity contribution is 7.89. The largest absolute Gasteiger partial charge is 0.496 e. The summed E-state index contributed by atoms with van der Waals surface area (Å²) < 4.78 is 30.3. The first kappa shape index (κ1) is 23.9. The highest BCUT2D eigenvalue weighted by atomic mass is 32.2. The summed E-state index contributed by atoms with van der Waals surface area (Å²) in [5, 5.41) is 18.8. The number of nitrogens with one attached hydrogen (secondary N) is 2. The predicted molar refractivity (Wildman–Crippen MR) is 125 cm³/mol. The van der Waals surface area contributed by atoms with Crippen LogP contribution in [0, 0.1) is 17.0 Å². The number of carbonyl (C=O) groups is 1. The van der Waals surface area contributed by atoms with Crippen LogP contribution in [-0.4, -0.2) is 36.6 Å². The lowest BCUT2D eigenvalue weighted by Gasteiger charge is -2.11. The van der Waals surface area contributed by atoms with Crippen molar-refractivity contribution in [2.45, 2.75) is 18.2 Å². The van der Waals surface area contributed by atoms with Gasteiger partial charge in [-0.05, 0) is 41.6 Å². The lowest BCUT2D eigenvalue weighted by Crippen LogP contribution is -2.28. The van der Waals surface area contributed by atoms with Crippen LogP contribution in [0.25, 0.3) is 10.9 Å². The van der Waals surface area contributed by atoms with Crippen LogP contribution < -0.4 is 9.62 Å². The molecule has 180 valence electrons. The molecule has 2 N–H and O–H groups in total. The Labute approximate surface area is 199 Å². The number of aryl methyl sites for hydroxylation is 1. The zero-order chi connectivity index (χ0) is 25.2. The van der Waals surface area contributed by atoms with E-state index in [2.05, 4.69) is 10.2 Å². The summed E-state index contributed by atoms with van der Waals surface area (Å²) in [6.07, 6.45) is 0.263. The number of benzene rings is 3. The molecule has 0 saturated carbocycles. The minimum atomic E-state index is -4.07. The fourth-order valence-corrected chi connectivity index (χ4v) is 4.58. The predicted octanol–water partition coefficient (Wildman–Crippen LogP) is 3.43. The third kappa shape index (κ3) is 4.98. The number of carbonyl (C=O) groups excluding carboxylic acids is 1. The molecule has 12 heteroatoms. The van der Waals surface area contributed by atoms with E-state index in [9.17, 15) is 23.3 Å². The number of sulfonamides is 1. The van der Waals surface area contributed by atoms with Crippen LogP contribution in [0.15, 0.2) is 65.6 Å². The van der Waals surface area contributed by atoms with Crippen LogP contribution in [0.1, 0.15) is 27.2 Å². The normalized spacial score (nSPS) is 11.4. The standard InChI is InChI=1S/C23H20N4O7S/c1-14-5-3-4-6-22(14)35(31,32)26-34-23(28)16-8-7-15(21(12-16)33-2)11-20-18-13-17(27(29)30)9-10-19(18)24-25-20/h3-10,12-13,26H,11H2,1-2H3,(H,24,25). The minimum absolute atomic E-state index is 0.00723. The topological polar surface area (TPSA) is 154 Å². The number of nitrogens with zero attached hydrogens (tertiary/aromatic N) is 2. The van der Waals surface area contributed by atoms with Crippen LogP contribution in [0.3, 0.4) is 0 Å². The van der Waals surface area contributed by atoms with E-state index in [0.29, 0.717) is 33.5 Å². The number of ether oxygens (including phenoxy) is 1. The van der Waals surface area contributed by atoms with Gasteiger partial charge in [0.25, 0.3) is 15.7 Å². The summed E-state index contributed by atoms with van der Waals surface area (Å²) in [6.45, 7) is 1.63. The van der Waals surface area contributed by atoms with E-state index in [1.807, 2.05) is 4.89 Å². The third-order valence-electron chi connectivity index (χ3n) is 5.34. The molecule has 11 nitrogen and oxygen atoms in total. The van der Waals surface area contributed by atoms with Gasteiger partial charge in [0.2, 0.25) is 0 Å². The maximum atomic E-state index is 12.5. The van der Waals surface area contributed by atoms with Crippen molar-refractivity contribution in [3.63, 3.8) is 0 Å². The molecule has 0 spiro atoms. The van der Waals surface area contributed by atoms with E-state index in [1.165, 1.54) is 37.4 Å². The maximum Gasteiger partial charge on any atom is 0.357 e. The lowest BCUT2D eigenvalue weighted by molar-refractivity contribution is -0.384. The maximum absolute atomic E-state index is 12.5. The molecule has 0 unspecified atom stereocenters. The van der Waals surface area contributed by atoms with E-state index in [0.717, 1.165) is 0 Å². The molecule has 0 bridgehead atoms. The molecule has 0 atom stereocenters. The first-order chi connectivity index (χ1) is 16.7. The van der Waals surface area contributed by atoms with Crippen molar-refractivity contribution in [1.29, 1.82) is 0 Å². The molecule has 0 aliphatic carbocycles. The summed E-state index contributed by atoms with van der Waals surface area (Å²) >= 11 is 0. The third-order valence-corrected chi connectivity index (χ3v) is 6.68. The number of rotatable bonds is 8. The fourth-order valence-electron chi connectivity index (χ4n) is 3.56. The monoisotopic (exact) mass is 496 g/mol. The number of hydrogen-bond donors (Lipinski definition) is 2. The highest BCUT2D eigenvalue weighted by Crippen LogP contribution is 2.28. The van der Waals surface area contributed by atoms with E-state index in [-0.39, 0.29) is 22.6 Å². The second-order valence-corrected chi connectivity index (χ2v) is 9.22. The number of nitro benzene ring substituents is 1. The Morgan fingerprint density at radius 3 is 2.63 bits per heavy atom. The van der Waals surface area contributed by atoms with Crippen molar-refractivity contribution >= 4 is 32.6 Å². The van der Waals surface area contributed by atoms with Crippen LogP contribution in [0.4, 0.5) is 5.69 Å². The van der Waals surface area contributed by atoms with Crippen molar-refractivity contribution in [2.75, 3.05) is 7.11 Å². The number of fused-ring (bicyclic) bond motifs is 1. The smallest absolute Gasteiger partial charge is 0.357 e. The molecule has 4 aromatic rings. The fraction of sp³-hybridized carbons (Fsp3) is 0.130. The SMILES string of the molecule is COc1cc(C(=O)ONS(=O)(=O)c2ccccc2C)ccc1Cc1n[nH]c2ccc([N+](=O)[O-])cc12. The Balaban J connectivity index is 1.53. The number of hydrogen-bond acceptors (Lipinski definition) is 8. The molecule has 1 heterocycles. The number of H-pyrrole nitrogens is 1. The van der Waals surface area contributed by atoms with Crippen molar-refractivity contribution < 1.29 is 27.7 Å². The first-order valence-corrected chi connectivity index (χ1v) is 11.7. The molecule has 3 aromatic carbocycles.